The maximum atomic E-state index is 12.3. The fourth-order valence-electron chi connectivity index (χ4n) is 0.556. The van der Waals surface area contributed by atoms with E-state index in [-0.39, 0.29) is 5.56 Å². The molecule has 1 rings (SSSR count). The highest BCUT2D eigenvalue weighted by molar-refractivity contribution is 5.92. The number of halogens is 2. The molecule has 1 heterocycles. The molecular weight excluding hydrogens is 154 g/mol. The van der Waals surface area contributed by atoms with Crippen LogP contribution in [0.5, 0.6) is 0 Å². The molecule has 58 valence electrons. The number of amides is 1. The zero-order valence-corrected chi connectivity index (χ0v) is 5.34. The average molecular weight is 158 g/mol. The zero-order chi connectivity index (χ0) is 8.43. The van der Waals surface area contributed by atoms with Crippen LogP contribution in [0.1, 0.15) is 10.4 Å². The molecule has 1 aromatic heterocycles. The quantitative estimate of drug-likeness (QED) is 0.603. The van der Waals surface area contributed by atoms with E-state index in [1.54, 1.807) is 0 Å². The summed E-state index contributed by atoms with van der Waals surface area (Å²) in [5.74, 6) is -3.26. The maximum absolute atomic E-state index is 12.3. The minimum atomic E-state index is -1.24. The van der Waals surface area contributed by atoms with E-state index in [1.807, 2.05) is 0 Å². The fourth-order valence-corrected chi connectivity index (χ4v) is 0.556. The molecule has 5 heteroatoms. The van der Waals surface area contributed by atoms with E-state index in [4.69, 9.17) is 5.73 Å². The summed E-state index contributed by atoms with van der Waals surface area (Å²) in [5, 5.41) is 0. The lowest BCUT2D eigenvalue weighted by atomic mass is 10.3. The Hall–Kier alpha value is -1.52. The highest BCUT2D eigenvalue weighted by atomic mass is 19.2. The number of pyridine rings is 1. The minimum Gasteiger partial charge on any atom is -0.366 e. The topological polar surface area (TPSA) is 56.0 Å². The van der Waals surface area contributed by atoms with Crippen molar-refractivity contribution in [2.24, 2.45) is 5.73 Å². The van der Waals surface area contributed by atoms with E-state index in [9.17, 15) is 13.6 Å². The summed E-state index contributed by atoms with van der Waals surface area (Å²) >= 11 is 0. The first-order valence-electron chi connectivity index (χ1n) is 2.72. The van der Waals surface area contributed by atoms with Crippen molar-refractivity contribution in [3.8, 4) is 0 Å². The van der Waals surface area contributed by atoms with Crippen molar-refractivity contribution in [2.45, 2.75) is 0 Å². The lowest BCUT2D eigenvalue weighted by molar-refractivity contribution is 0.0999. The summed E-state index contributed by atoms with van der Waals surface area (Å²) in [6, 6.07) is 0.699. The highest BCUT2D eigenvalue weighted by Crippen LogP contribution is 2.03. The van der Waals surface area contributed by atoms with Crippen LogP contribution in [-0.2, 0) is 0 Å². The van der Waals surface area contributed by atoms with Crippen LogP contribution in [0.15, 0.2) is 12.3 Å². The van der Waals surface area contributed by atoms with Gasteiger partial charge in [0, 0.05) is 6.20 Å². The first-order valence-corrected chi connectivity index (χ1v) is 2.72. The first kappa shape index (κ1) is 7.59. The highest BCUT2D eigenvalue weighted by Gasteiger charge is 2.06. The first-order chi connectivity index (χ1) is 5.11. The maximum Gasteiger partial charge on any atom is 0.250 e. The van der Waals surface area contributed by atoms with Crippen molar-refractivity contribution in [1.29, 1.82) is 0 Å². The summed E-state index contributed by atoms with van der Waals surface area (Å²) in [4.78, 5) is 13.3. The van der Waals surface area contributed by atoms with Gasteiger partial charge in [-0.25, -0.2) is 9.37 Å². The van der Waals surface area contributed by atoms with Gasteiger partial charge in [0.2, 0.25) is 11.9 Å². The third kappa shape index (κ3) is 1.49. The molecule has 1 aromatic rings. The Kier molecular flexibility index (Phi) is 1.80. The molecule has 0 unspecified atom stereocenters. The standard InChI is InChI=1S/C6H4F2N2O/c7-4-1-3(6(9)11)2-10-5(4)8/h1-2H,(H2,9,11). The van der Waals surface area contributed by atoms with Crippen LogP contribution in [0.25, 0.3) is 0 Å². The number of hydrogen-bond acceptors (Lipinski definition) is 2. The normalized spacial score (nSPS) is 9.64. The van der Waals surface area contributed by atoms with E-state index in [1.165, 1.54) is 0 Å². The van der Waals surface area contributed by atoms with Gasteiger partial charge in [0.15, 0.2) is 5.82 Å². The summed E-state index contributed by atoms with van der Waals surface area (Å²) < 4.78 is 24.4. The Morgan fingerprint density at radius 2 is 2.18 bits per heavy atom. The van der Waals surface area contributed by atoms with Gasteiger partial charge in [-0.3, -0.25) is 4.79 Å². The van der Waals surface area contributed by atoms with Crippen LogP contribution >= 0.6 is 0 Å². The second-order valence-corrected chi connectivity index (χ2v) is 1.86. The number of hydrogen-bond donors (Lipinski definition) is 1. The molecule has 0 spiro atoms. The third-order valence-electron chi connectivity index (χ3n) is 1.08. The minimum absolute atomic E-state index is 0.149. The zero-order valence-electron chi connectivity index (χ0n) is 5.34. The number of aromatic nitrogens is 1. The van der Waals surface area contributed by atoms with E-state index < -0.39 is 17.7 Å². The molecule has 0 saturated carbocycles. The van der Waals surface area contributed by atoms with Crippen molar-refractivity contribution in [2.75, 3.05) is 0 Å². The van der Waals surface area contributed by atoms with Crippen LogP contribution in [0, 0.1) is 11.8 Å². The molecule has 11 heavy (non-hydrogen) atoms. The number of nitrogens with two attached hydrogens (primary N) is 1. The summed E-state index contributed by atoms with van der Waals surface area (Å²) in [6.45, 7) is 0. The predicted molar refractivity (Wildman–Crippen MR) is 32.7 cm³/mol. The van der Waals surface area contributed by atoms with Crippen LogP contribution in [0.2, 0.25) is 0 Å². The second kappa shape index (κ2) is 2.61. The molecule has 0 aromatic carbocycles. The van der Waals surface area contributed by atoms with Crippen molar-refractivity contribution >= 4 is 5.91 Å². The molecule has 0 aliphatic heterocycles. The molecular formula is C6H4F2N2O. The smallest absolute Gasteiger partial charge is 0.250 e. The number of rotatable bonds is 1. The largest absolute Gasteiger partial charge is 0.366 e. The summed E-state index contributed by atoms with van der Waals surface area (Å²) in [5.41, 5.74) is 4.62. The van der Waals surface area contributed by atoms with Crippen molar-refractivity contribution < 1.29 is 13.6 Å². The molecule has 0 bridgehead atoms. The van der Waals surface area contributed by atoms with Gasteiger partial charge in [-0.1, -0.05) is 0 Å². The van der Waals surface area contributed by atoms with Gasteiger partial charge in [-0.05, 0) is 6.07 Å². The van der Waals surface area contributed by atoms with Crippen LogP contribution in [-0.4, -0.2) is 10.9 Å². The molecule has 1 amide bonds. The van der Waals surface area contributed by atoms with Gasteiger partial charge in [-0.15, -0.1) is 0 Å². The van der Waals surface area contributed by atoms with Gasteiger partial charge in [-0.2, -0.15) is 4.39 Å². The lowest BCUT2D eigenvalue weighted by Crippen LogP contribution is -2.12. The Labute approximate surface area is 60.8 Å². The van der Waals surface area contributed by atoms with Crippen molar-refractivity contribution in [3.63, 3.8) is 0 Å². The molecule has 0 radical (unpaired) electrons. The molecule has 0 atom stereocenters. The van der Waals surface area contributed by atoms with Crippen LogP contribution in [0.4, 0.5) is 8.78 Å². The summed E-state index contributed by atoms with van der Waals surface area (Å²) in [7, 11) is 0. The SMILES string of the molecule is NC(=O)c1cnc(F)c(F)c1. The van der Waals surface area contributed by atoms with Gasteiger partial charge >= 0.3 is 0 Å². The van der Waals surface area contributed by atoms with Gasteiger partial charge in [0.25, 0.3) is 0 Å². The Balaban J connectivity index is 3.15. The summed E-state index contributed by atoms with van der Waals surface area (Å²) in [6.07, 6.45) is 0.876. The molecule has 0 saturated heterocycles. The molecule has 0 fully saturated rings. The third-order valence-corrected chi connectivity index (χ3v) is 1.08. The second-order valence-electron chi connectivity index (χ2n) is 1.86. The lowest BCUT2D eigenvalue weighted by Gasteiger charge is -1.94. The molecule has 2 N–H and O–H groups in total. The molecule has 0 aliphatic carbocycles. The Morgan fingerprint density at radius 3 is 2.64 bits per heavy atom. The van der Waals surface area contributed by atoms with Crippen molar-refractivity contribution in [1.82, 2.24) is 4.98 Å². The number of primary amides is 1. The number of carbonyl (C=O) groups is 1. The van der Waals surface area contributed by atoms with Crippen molar-refractivity contribution in [3.05, 3.63) is 29.6 Å². The average Bonchev–Trinajstić information content (AvgIpc) is 1.94. The number of nitrogens with zero attached hydrogens (tertiary/aromatic N) is 1. The Morgan fingerprint density at radius 1 is 1.55 bits per heavy atom. The fraction of sp³-hybridized carbons (Fsp3) is 0. The Bertz CT molecular complexity index is 301. The predicted octanol–water partition coefficient (Wildman–Crippen LogP) is 0.459. The van der Waals surface area contributed by atoms with Gasteiger partial charge in [0.05, 0.1) is 5.56 Å². The monoisotopic (exact) mass is 158 g/mol. The van der Waals surface area contributed by atoms with Crippen LogP contribution in [0.3, 0.4) is 0 Å². The van der Waals surface area contributed by atoms with Crippen LogP contribution < -0.4 is 5.73 Å². The van der Waals surface area contributed by atoms with Gasteiger partial charge in [0.1, 0.15) is 0 Å². The molecule has 3 nitrogen and oxygen atoms in total. The van der Waals surface area contributed by atoms with E-state index in [0.717, 1.165) is 6.20 Å². The van der Waals surface area contributed by atoms with Gasteiger partial charge < -0.3 is 5.73 Å². The van der Waals surface area contributed by atoms with E-state index in [2.05, 4.69) is 4.98 Å². The molecule has 0 aliphatic rings. The number of carbonyl (C=O) groups excluding carboxylic acids is 1. The van der Waals surface area contributed by atoms with E-state index in [0.29, 0.717) is 6.07 Å². The van der Waals surface area contributed by atoms with E-state index >= 15 is 0 Å².